The maximum atomic E-state index is 13.1. The summed E-state index contributed by atoms with van der Waals surface area (Å²) in [6.07, 6.45) is 0.858. The molecule has 2 aromatic rings. The minimum atomic E-state index is -4.02. The monoisotopic (exact) mass is 415 g/mol. The molecule has 26 heavy (non-hydrogen) atoms. The molecule has 0 spiro atoms. The third-order valence-electron chi connectivity index (χ3n) is 3.61. The molecule has 2 aromatic carbocycles. The van der Waals surface area contributed by atoms with Crippen LogP contribution in [-0.4, -0.2) is 26.3 Å². The second kappa shape index (κ2) is 8.75. The molecule has 0 aliphatic carbocycles. The Kier molecular flexibility index (Phi) is 6.92. The quantitative estimate of drug-likeness (QED) is 0.596. The lowest BCUT2D eigenvalue weighted by Gasteiger charge is -2.28. The third-order valence-corrected chi connectivity index (χ3v) is 6.10. The van der Waals surface area contributed by atoms with Gasteiger partial charge in [0.1, 0.15) is 11.8 Å². The Hall–Kier alpha value is -1.76. The summed E-state index contributed by atoms with van der Waals surface area (Å²) in [5.41, 5.74) is 0.310. The number of hydrogen-bond donors (Lipinski definition) is 0. The number of halogens is 2. The van der Waals surface area contributed by atoms with Gasteiger partial charge in [0.15, 0.2) is 0 Å². The minimum Gasteiger partial charge on any atom is -0.494 e. The van der Waals surface area contributed by atoms with Gasteiger partial charge in [0.25, 0.3) is 10.0 Å². The van der Waals surface area contributed by atoms with Crippen molar-refractivity contribution in [2.24, 2.45) is 0 Å². The summed E-state index contributed by atoms with van der Waals surface area (Å²) in [6.45, 7) is 3.98. The van der Waals surface area contributed by atoms with E-state index in [0.717, 1.165) is 10.7 Å². The predicted octanol–water partition coefficient (Wildman–Crippen LogP) is 4.48. The molecule has 0 aromatic heterocycles. The van der Waals surface area contributed by atoms with Gasteiger partial charge in [-0.15, -0.1) is 0 Å². The Morgan fingerprint density at radius 1 is 1.12 bits per heavy atom. The first-order valence-electron chi connectivity index (χ1n) is 7.99. The molecular weight excluding hydrogens is 397 g/mol. The first-order valence-corrected chi connectivity index (χ1v) is 10.2. The van der Waals surface area contributed by atoms with Crippen LogP contribution in [0.3, 0.4) is 0 Å². The molecule has 0 radical (unpaired) electrons. The van der Waals surface area contributed by atoms with Crippen LogP contribution in [0.4, 0.5) is 5.69 Å². The Morgan fingerprint density at radius 2 is 1.69 bits per heavy atom. The Morgan fingerprint density at radius 3 is 2.19 bits per heavy atom. The van der Waals surface area contributed by atoms with Crippen LogP contribution in [0.2, 0.25) is 5.02 Å². The van der Waals surface area contributed by atoms with Crippen LogP contribution in [0.25, 0.3) is 0 Å². The molecule has 5 nitrogen and oxygen atoms in total. The molecule has 0 saturated heterocycles. The molecule has 0 N–H and O–H groups in total. The number of nitrogens with zero attached hydrogens (tertiary/aromatic N) is 1. The lowest BCUT2D eigenvalue weighted by Crippen LogP contribution is -2.42. The van der Waals surface area contributed by atoms with Gasteiger partial charge >= 0.3 is 0 Å². The molecule has 0 bridgehead atoms. The number of benzene rings is 2. The van der Waals surface area contributed by atoms with Crippen molar-refractivity contribution in [3.63, 3.8) is 0 Å². The molecular formula is C18H19Cl2NO4S. The van der Waals surface area contributed by atoms with Crippen LogP contribution in [0.15, 0.2) is 53.4 Å². The normalized spacial score (nSPS) is 12.5. The predicted molar refractivity (Wildman–Crippen MR) is 104 cm³/mol. The number of anilines is 1. The van der Waals surface area contributed by atoms with E-state index in [1.807, 2.05) is 6.92 Å². The highest BCUT2D eigenvalue weighted by molar-refractivity contribution is 7.93. The van der Waals surface area contributed by atoms with E-state index in [2.05, 4.69) is 0 Å². The Bertz CT molecular complexity index is 852. The average Bonchev–Trinajstić information content (AvgIpc) is 2.61. The van der Waals surface area contributed by atoms with Crippen LogP contribution in [-0.2, 0) is 14.8 Å². The second-order valence-corrected chi connectivity index (χ2v) is 8.20. The first-order chi connectivity index (χ1) is 12.3. The van der Waals surface area contributed by atoms with Crippen molar-refractivity contribution in [1.82, 2.24) is 0 Å². The number of hydrogen-bond acceptors (Lipinski definition) is 4. The highest BCUT2D eigenvalue weighted by atomic mass is 35.5. The average molecular weight is 416 g/mol. The number of sulfonamides is 1. The van der Waals surface area contributed by atoms with Crippen LogP contribution in [0.1, 0.15) is 20.3 Å². The topological polar surface area (TPSA) is 63.7 Å². The molecule has 8 heteroatoms. The van der Waals surface area contributed by atoms with Gasteiger partial charge in [-0.1, -0.05) is 18.5 Å². The van der Waals surface area contributed by atoms with E-state index >= 15 is 0 Å². The molecule has 1 unspecified atom stereocenters. The number of ether oxygens (including phenoxy) is 1. The van der Waals surface area contributed by atoms with Crippen molar-refractivity contribution in [3.05, 3.63) is 53.6 Å². The van der Waals surface area contributed by atoms with Gasteiger partial charge < -0.3 is 4.74 Å². The Labute approximate surface area is 163 Å². The second-order valence-electron chi connectivity index (χ2n) is 5.58. The SMILES string of the molecule is CCCOc1ccc(N(C(C)C(=O)Cl)S(=O)(=O)c2ccc(Cl)cc2)cc1. The van der Waals surface area contributed by atoms with Crippen molar-refractivity contribution in [3.8, 4) is 5.75 Å². The third kappa shape index (κ3) is 4.69. The van der Waals surface area contributed by atoms with E-state index in [4.69, 9.17) is 27.9 Å². The molecule has 0 fully saturated rings. The smallest absolute Gasteiger partial charge is 0.265 e. The van der Waals surface area contributed by atoms with Crippen molar-refractivity contribution in [2.75, 3.05) is 10.9 Å². The van der Waals surface area contributed by atoms with Gasteiger partial charge in [0, 0.05) is 5.02 Å². The number of carbonyl (C=O) groups excluding carboxylic acids is 1. The molecule has 0 aliphatic rings. The molecule has 0 aliphatic heterocycles. The lowest BCUT2D eigenvalue weighted by atomic mass is 10.2. The van der Waals surface area contributed by atoms with Gasteiger partial charge in [-0.25, -0.2) is 8.42 Å². The van der Waals surface area contributed by atoms with Gasteiger partial charge in [-0.2, -0.15) is 0 Å². The van der Waals surface area contributed by atoms with Crippen molar-refractivity contribution < 1.29 is 17.9 Å². The van der Waals surface area contributed by atoms with Crippen LogP contribution < -0.4 is 9.04 Å². The van der Waals surface area contributed by atoms with Crippen molar-refractivity contribution in [1.29, 1.82) is 0 Å². The molecule has 0 saturated carbocycles. The molecule has 1 atom stereocenters. The lowest BCUT2D eigenvalue weighted by molar-refractivity contribution is -0.112. The summed E-state index contributed by atoms with van der Waals surface area (Å²) < 4.78 is 32.7. The summed E-state index contributed by atoms with van der Waals surface area (Å²) in [4.78, 5) is 11.7. The van der Waals surface area contributed by atoms with Gasteiger partial charge in [0.2, 0.25) is 5.24 Å². The van der Waals surface area contributed by atoms with E-state index in [0.29, 0.717) is 23.1 Å². The maximum Gasteiger partial charge on any atom is 0.265 e. The van der Waals surface area contributed by atoms with Crippen LogP contribution in [0, 0.1) is 0 Å². The van der Waals surface area contributed by atoms with Gasteiger partial charge in [-0.05, 0) is 73.5 Å². The fourth-order valence-corrected chi connectivity index (χ4v) is 4.19. The number of rotatable bonds is 8. The molecule has 0 heterocycles. The largest absolute Gasteiger partial charge is 0.494 e. The maximum absolute atomic E-state index is 13.1. The number of carbonyl (C=O) groups is 1. The fraction of sp³-hybridized carbons (Fsp3) is 0.278. The molecule has 0 amide bonds. The standard InChI is InChI=1S/C18H19Cl2NO4S/c1-3-12-25-16-8-6-15(7-9-16)21(13(2)18(20)22)26(23,24)17-10-4-14(19)5-11-17/h4-11,13H,3,12H2,1-2H3. The summed E-state index contributed by atoms with van der Waals surface area (Å²) in [5, 5.41) is -0.372. The van der Waals surface area contributed by atoms with E-state index in [1.54, 1.807) is 24.3 Å². The molecule has 140 valence electrons. The van der Waals surface area contributed by atoms with Crippen molar-refractivity contribution in [2.45, 2.75) is 31.2 Å². The highest BCUT2D eigenvalue weighted by Crippen LogP contribution is 2.29. The van der Waals surface area contributed by atoms with E-state index < -0.39 is 21.3 Å². The zero-order valence-corrected chi connectivity index (χ0v) is 16.7. The zero-order valence-electron chi connectivity index (χ0n) is 14.4. The van der Waals surface area contributed by atoms with Crippen LogP contribution >= 0.6 is 23.2 Å². The van der Waals surface area contributed by atoms with E-state index in [9.17, 15) is 13.2 Å². The first kappa shape index (κ1) is 20.6. The van der Waals surface area contributed by atoms with E-state index in [1.165, 1.54) is 31.2 Å². The van der Waals surface area contributed by atoms with Gasteiger partial charge in [0.05, 0.1) is 17.2 Å². The zero-order chi connectivity index (χ0) is 19.3. The van der Waals surface area contributed by atoms with Crippen molar-refractivity contribution >= 4 is 44.2 Å². The summed E-state index contributed by atoms with van der Waals surface area (Å²) in [7, 11) is -4.02. The molecule has 2 rings (SSSR count). The fourth-order valence-electron chi connectivity index (χ4n) is 2.29. The highest BCUT2D eigenvalue weighted by Gasteiger charge is 2.32. The summed E-state index contributed by atoms with van der Waals surface area (Å²) in [5.74, 6) is 0.615. The van der Waals surface area contributed by atoms with Gasteiger partial charge in [-0.3, -0.25) is 9.10 Å². The Balaban J connectivity index is 2.46. The van der Waals surface area contributed by atoms with E-state index in [-0.39, 0.29) is 4.90 Å². The minimum absolute atomic E-state index is 0.0120. The summed E-state index contributed by atoms with van der Waals surface area (Å²) >= 11 is 11.4. The summed E-state index contributed by atoms with van der Waals surface area (Å²) in [6, 6.07) is 11.1. The van der Waals surface area contributed by atoms with Crippen LogP contribution in [0.5, 0.6) is 5.75 Å².